The predicted molar refractivity (Wildman–Crippen MR) is 87.5 cm³/mol. The van der Waals surface area contributed by atoms with Crippen LogP contribution in [0.25, 0.3) is 0 Å². The van der Waals surface area contributed by atoms with E-state index in [9.17, 15) is 4.79 Å². The van der Waals surface area contributed by atoms with Crippen LogP contribution in [0.5, 0.6) is 0 Å². The van der Waals surface area contributed by atoms with Crippen molar-refractivity contribution < 1.29 is 4.79 Å². The number of nitrogen functional groups attached to an aromatic ring is 1. The number of benzene rings is 1. The highest BCUT2D eigenvalue weighted by Crippen LogP contribution is 2.32. The molecule has 1 aliphatic rings. The van der Waals surface area contributed by atoms with Gasteiger partial charge in [0.2, 0.25) is 5.91 Å². The first-order valence-electron chi connectivity index (χ1n) is 7.09. The topological polar surface area (TPSA) is 58.4 Å². The number of fused-ring (bicyclic) bond motifs is 1. The molecule has 0 spiro atoms. The normalized spacial score (nSPS) is 18.2. The molecular weight excluding hydrogens is 282 g/mol. The summed E-state index contributed by atoms with van der Waals surface area (Å²) in [6.07, 6.45) is 1.03. The fourth-order valence-corrected chi connectivity index (χ4v) is 3.74. The number of thiophene rings is 1. The molecule has 5 heteroatoms. The van der Waals surface area contributed by atoms with Crippen molar-refractivity contribution in [2.45, 2.75) is 19.4 Å². The zero-order chi connectivity index (χ0) is 14.8. The van der Waals surface area contributed by atoms with Crippen molar-refractivity contribution >= 4 is 28.6 Å². The highest BCUT2D eigenvalue weighted by molar-refractivity contribution is 7.10. The minimum absolute atomic E-state index is 0.00568. The van der Waals surface area contributed by atoms with Gasteiger partial charge in [-0.2, -0.15) is 0 Å². The number of hydrogen-bond acceptors (Lipinski definition) is 4. The van der Waals surface area contributed by atoms with Crippen molar-refractivity contribution in [3.63, 3.8) is 0 Å². The average Bonchev–Trinajstić information content (AvgIpc) is 2.91. The van der Waals surface area contributed by atoms with E-state index in [2.05, 4.69) is 28.6 Å². The molecule has 110 valence electrons. The molecule has 3 N–H and O–H groups in total. The summed E-state index contributed by atoms with van der Waals surface area (Å²) in [7, 11) is 0. The lowest BCUT2D eigenvalue weighted by atomic mass is 10.0. The van der Waals surface area contributed by atoms with Crippen LogP contribution in [0.15, 0.2) is 35.7 Å². The number of nitrogens with zero attached hydrogens (tertiary/aromatic N) is 1. The molecule has 0 fully saturated rings. The Balaban J connectivity index is 1.63. The molecule has 0 saturated heterocycles. The van der Waals surface area contributed by atoms with Crippen molar-refractivity contribution in [2.24, 2.45) is 0 Å². The van der Waals surface area contributed by atoms with Crippen molar-refractivity contribution in [1.82, 2.24) is 4.90 Å². The van der Waals surface area contributed by atoms with E-state index in [4.69, 9.17) is 5.73 Å². The van der Waals surface area contributed by atoms with Crippen LogP contribution in [0.3, 0.4) is 0 Å². The van der Waals surface area contributed by atoms with Gasteiger partial charge in [-0.25, -0.2) is 0 Å². The summed E-state index contributed by atoms with van der Waals surface area (Å²) < 4.78 is 0. The van der Waals surface area contributed by atoms with Crippen LogP contribution >= 0.6 is 11.3 Å². The van der Waals surface area contributed by atoms with E-state index >= 15 is 0 Å². The molecule has 1 aromatic carbocycles. The summed E-state index contributed by atoms with van der Waals surface area (Å²) in [6, 6.07) is 9.74. The summed E-state index contributed by atoms with van der Waals surface area (Å²) >= 11 is 1.81. The number of carbonyl (C=O) groups is 1. The van der Waals surface area contributed by atoms with Crippen LogP contribution in [-0.2, 0) is 11.2 Å². The molecule has 4 nitrogen and oxygen atoms in total. The zero-order valence-electron chi connectivity index (χ0n) is 12.0. The smallest absolute Gasteiger partial charge is 0.238 e. The Morgan fingerprint density at radius 2 is 2.33 bits per heavy atom. The second-order valence-electron chi connectivity index (χ2n) is 5.37. The van der Waals surface area contributed by atoms with Crippen molar-refractivity contribution in [3.8, 4) is 0 Å². The number of carbonyl (C=O) groups excluding carboxylic acids is 1. The van der Waals surface area contributed by atoms with Gasteiger partial charge >= 0.3 is 0 Å². The molecule has 1 unspecified atom stereocenters. The van der Waals surface area contributed by atoms with Gasteiger partial charge in [-0.05, 0) is 48.6 Å². The van der Waals surface area contributed by atoms with Gasteiger partial charge in [0.05, 0.1) is 6.54 Å². The summed E-state index contributed by atoms with van der Waals surface area (Å²) in [6.45, 7) is 3.50. The number of hydrogen-bond donors (Lipinski definition) is 2. The Hall–Kier alpha value is -1.85. The molecule has 3 rings (SSSR count). The highest BCUT2D eigenvalue weighted by atomic mass is 32.1. The maximum Gasteiger partial charge on any atom is 0.238 e. The Morgan fingerprint density at radius 3 is 3.14 bits per heavy atom. The Bertz CT molecular complexity index is 652. The molecule has 0 aliphatic carbocycles. The first-order chi connectivity index (χ1) is 10.1. The Kier molecular flexibility index (Phi) is 3.94. The zero-order valence-corrected chi connectivity index (χ0v) is 12.8. The largest absolute Gasteiger partial charge is 0.399 e. The number of amides is 1. The summed E-state index contributed by atoms with van der Waals surface area (Å²) in [4.78, 5) is 15.9. The van der Waals surface area contributed by atoms with E-state index < -0.39 is 0 Å². The number of nitrogens with one attached hydrogen (secondary N) is 1. The molecule has 0 saturated carbocycles. The van der Waals surface area contributed by atoms with Crippen molar-refractivity contribution in [1.29, 1.82) is 0 Å². The van der Waals surface area contributed by atoms with Crippen molar-refractivity contribution in [3.05, 3.63) is 46.2 Å². The maximum absolute atomic E-state index is 12.2. The molecule has 0 radical (unpaired) electrons. The third kappa shape index (κ3) is 3.09. The maximum atomic E-state index is 12.2. The molecule has 1 amide bonds. The van der Waals surface area contributed by atoms with Gasteiger partial charge in [-0.15, -0.1) is 11.3 Å². The minimum atomic E-state index is 0.00568. The monoisotopic (exact) mass is 301 g/mol. The summed E-state index contributed by atoms with van der Waals surface area (Å²) in [5.41, 5.74) is 8.49. The lowest BCUT2D eigenvalue weighted by molar-refractivity contribution is -0.117. The fraction of sp³-hybridized carbons (Fsp3) is 0.312. The van der Waals surface area contributed by atoms with Gasteiger partial charge in [-0.1, -0.05) is 6.07 Å². The van der Waals surface area contributed by atoms with Gasteiger partial charge in [-0.3, -0.25) is 9.69 Å². The highest BCUT2D eigenvalue weighted by Gasteiger charge is 2.25. The molecule has 0 bridgehead atoms. The molecule has 2 heterocycles. The number of nitrogens with two attached hydrogens (primary N) is 1. The minimum Gasteiger partial charge on any atom is -0.399 e. The van der Waals surface area contributed by atoms with Crippen LogP contribution in [-0.4, -0.2) is 23.9 Å². The average molecular weight is 301 g/mol. The number of rotatable bonds is 3. The van der Waals surface area contributed by atoms with Gasteiger partial charge in [0, 0.05) is 28.8 Å². The van der Waals surface area contributed by atoms with E-state index in [1.54, 1.807) is 12.1 Å². The van der Waals surface area contributed by atoms with Gasteiger partial charge in [0.1, 0.15) is 0 Å². The van der Waals surface area contributed by atoms with E-state index in [0.717, 1.165) is 18.7 Å². The fourth-order valence-electron chi connectivity index (χ4n) is 2.78. The second-order valence-corrected chi connectivity index (χ2v) is 6.37. The third-order valence-electron chi connectivity index (χ3n) is 3.92. The predicted octanol–water partition coefficient (Wildman–Crippen LogP) is 2.89. The third-order valence-corrected chi connectivity index (χ3v) is 4.92. The molecule has 1 aromatic heterocycles. The van der Waals surface area contributed by atoms with Crippen LogP contribution in [0.1, 0.15) is 23.4 Å². The van der Waals surface area contributed by atoms with E-state index in [0.29, 0.717) is 18.3 Å². The Morgan fingerprint density at radius 1 is 1.48 bits per heavy atom. The van der Waals surface area contributed by atoms with E-state index in [-0.39, 0.29) is 5.91 Å². The standard InChI is InChI=1S/C16H19N3OS/c1-11-14-6-8-21-15(14)5-7-19(11)10-16(20)18-13-4-2-3-12(17)9-13/h2-4,6,8-9,11H,5,7,10,17H2,1H3,(H,18,20). The van der Waals surface area contributed by atoms with Gasteiger partial charge in [0.15, 0.2) is 0 Å². The molecule has 2 aromatic rings. The lowest BCUT2D eigenvalue weighted by Gasteiger charge is -2.32. The Labute approximate surface area is 128 Å². The summed E-state index contributed by atoms with van der Waals surface area (Å²) in [5.74, 6) is 0.00568. The van der Waals surface area contributed by atoms with Crippen molar-refractivity contribution in [2.75, 3.05) is 24.1 Å². The molecule has 21 heavy (non-hydrogen) atoms. The molecule has 1 aliphatic heterocycles. The first-order valence-corrected chi connectivity index (χ1v) is 7.97. The summed E-state index contributed by atoms with van der Waals surface area (Å²) in [5, 5.41) is 5.05. The lowest BCUT2D eigenvalue weighted by Crippen LogP contribution is -2.39. The van der Waals surface area contributed by atoms with Crippen LogP contribution < -0.4 is 11.1 Å². The van der Waals surface area contributed by atoms with Crippen LogP contribution in [0.2, 0.25) is 0 Å². The van der Waals surface area contributed by atoms with E-state index in [1.165, 1.54) is 10.4 Å². The van der Waals surface area contributed by atoms with E-state index in [1.807, 2.05) is 23.5 Å². The molecular formula is C16H19N3OS. The van der Waals surface area contributed by atoms with Gasteiger partial charge in [0.25, 0.3) is 0 Å². The number of anilines is 2. The quantitative estimate of drug-likeness (QED) is 0.857. The van der Waals surface area contributed by atoms with Crippen LogP contribution in [0.4, 0.5) is 11.4 Å². The van der Waals surface area contributed by atoms with Gasteiger partial charge < -0.3 is 11.1 Å². The first kappa shape index (κ1) is 14.1. The second kappa shape index (κ2) is 5.87. The molecule has 1 atom stereocenters. The SMILES string of the molecule is CC1c2ccsc2CCN1CC(=O)Nc1cccc(N)c1. The van der Waals surface area contributed by atoms with Crippen LogP contribution in [0, 0.1) is 0 Å².